The van der Waals surface area contributed by atoms with E-state index in [4.69, 9.17) is 14.2 Å². The minimum Gasteiger partial charge on any atom is -0.466 e. The SMILES string of the molecule is C/C=C/CC/C=C/CC/C=C/C(O)C(COC1OC(CO)C(O)C(O)C1O)NC(=O)CCCCCCCCCCCCCCCCCC/C=C\CCCCCCCCCCCCCCOC(=O)CCCCCCCCCCCCCCCCC. The molecule has 11 nitrogen and oxygen atoms in total. The van der Waals surface area contributed by atoms with E-state index >= 15 is 0 Å². The maximum absolute atomic E-state index is 13.0. The van der Waals surface area contributed by atoms with E-state index in [0.717, 1.165) is 57.8 Å². The van der Waals surface area contributed by atoms with E-state index in [-0.39, 0.29) is 18.5 Å². The molecule has 84 heavy (non-hydrogen) atoms. The first kappa shape index (κ1) is 79.6. The van der Waals surface area contributed by atoms with Gasteiger partial charge in [0.05, 0.1) is 32.0 Å². The molecule has 1 aliphatic rings. The fourth-order valence-electron chi connectivity index (χ4n) is 11.4. The Morgan fingerprint density at radius 2 is 0.821 bits per heavy atom. The summed E-state index contributed by atoms with van der Waals surface area (Å²) in [5, 5.41) is 54.2. The number of hydrogen-bond donors (Lipinski definition) is 6. The lowest BCUT2D eigenvalue weighted by Crippen LogP contribution is -2.60. The monoisotopic (exact) mass is 1190 g/mol. The first-order chi connectivity index (χ1) is 41.2. The van der Waals surface area contributed by atoms with Crippen LogP contribution in [0.4, 0.5) is 0 Å². The van der Waals surface area contributed by atoms with Crippen molar-refractivity contribution in [1.82, 2.24) is 5.32 Å². The van der Waals surface area contributed by atoms with Gasteiger partial charge in [0.2, 0.25) is 5.91 Å². The molecule has 1 amide bonds. The second-order valence-corrected chi connectivity index (χ2v) is 24.9. The Kier molecular flexibility index (Phi) is 59.0. The van der Waals surface area contributed by atoms with Gasteiger partial charge in [-0.25, -0.2) is 0 Å². The van der Waals surface area contributed by atoms with Gasteiger partial charge in [-0.2, -0.15) is 0 Å². The zero-order valence-corrected chi connectivity index (χ0v) is 54.6. The molecule has 0 aromatic heterocycles. The van der Waals surface area contributed by atoms with Gasteiger partial charge in [0.25, 0.3) is 0 Å². The Morgan fingerprint density at radius 3 is 1.25 bits per heavy atom. The van der Waals surface area contributed by atoms with Crippen molar-refractivity contribution < 1.29 is 49.3 Å². The Hall–Kier alpha value is -2.38. The number of aliphatic hydroxyl groups excluding tert-OH is 5. The smallest absolute Gasteiger partial charge is 0.305 e. The number of carbonyl (C=O) groups excluding carboxylic acids is 2. The molecule has 0 aromatic rings. The Bertz CT molecular complexity index is 1530. The fraction of sp³-hybridized carbons (Fsp3) is 0.863. The van der Waals surface area contributed by atoms with Crippen LogP contribution in [0.5, 0.6) is 0 Å². The molecule has 6 N–H and O–H groups in total. The number of nitrogens with one attached hydrogen (secondary N) is 1. The standard InChI is InChI=1S/C73H135NO10/c1-3-5-7-9-11-13-14-15-34-38-41-45-49-53-57-61-69(78)82-62-58-54-50-46-42-39-36-33-31-29-27-25-23-21-19-17-16-18-20-22-24-26-28-30-32-35-37-40-44-48-52-56-60-68(77)74-65(66(76)59-55-51-47-43-12-10-8-6-4-2)64-83-73-72(81)71(80)70(79)67(63-75)84-73/h4,6,12,19,21,43,55,59,65-67,70-73,75-76,79-81H,3,5,7-11,13-18,20,22-42,44-54,56-58,60-64H2,1-2H3,(H,74,77)/b6-4+,21-19-,43-12+,59-55+. The van der Waals surface area contributed by atoms with Gasteiger partial charge in [0, 0.05) is 12.8 Å². The number of esters is 1. The van der Waals surface area contributed by atoms with Crippen LogP contribution in [-0.4, -0.2) is 100 Å². The molecular weight excluding hydrogens is 1050 g/mol. The van der Waals surface area contributed by atoms with E-state index in [1.807, 2.05) is 19.1 Å². The summed E-state index contributed by atoms with van der Waals surface area (Å²) >= 11 is 0. The lowest BCUT2D eigenvalue weighted by atomic mass is 9.99. The summed E-state index contributed by atoms with van der Waals surface area (Å²) in [5.74, 6) is -0.183. The predicted molar refractivity (Wildman–Crippen MR) is 352 cm³/mol. The van der Waals surface area contributed by atoms with Crippen molar-refractivity contribution in [3.05, 3.63) is 48.6 Å². The Balaban J connectivity index is 1.90. The largest absolute Gasteiger partial charge is 0.466 e. The van der Waals surface area contributed by atoms with Gasteiger partial charge in [-0.3, -0.25) is 9.59 Å². The highest BCUT2D eigenvalue weighted by atomic mass is 16.7. The summed E-state index contributed by atoms with van der Waals surface area (Å²) in [6.45, 7) is 4.12. The zero-order chi connectivity index (χ0) is 60.9. The van der Waals surface area contributed by atoms with Crippen molar-refractivity contribution in [1.29, 1.82) is 0 Å². The van der Waals surface area contributed by atoms with Crippen molar-refractivity contribution >= 4 is 11.9 Å². The van der Waals surface area contributed by atoms with Crippen molar-refractivity contribution in [2.45, 2.75) is 384 Å². The molecule has 11 heteroatoms. The Labute approximate surface area is 516 Å². The van der Waals surface area contributed by atoms with Gasteiger partial charge in [0.1, 0.15) is 24.4 Å². The first-order valence-electron chi connectivity index (χ1n) is 35.9. The quantitative estimate of drug-likeness (QED) is 0.0195. The highest BCUT2D eigenvalue weighted by Crippen LogP contribution is 2.23. The molecule has 1 heterocycles. The molecule has 0 bridgehead atoms. The molecule has 0 radical (unpaired) electrons. The van der Waals surface area contributed by atoms with E-state index in [1.165, 1.54) is 257 Å². The fourth-order valence-corrected chi connectivity index (χ4v) is 11.4. The molecule has 1 rings (SSSR count). The van der Waals surface area contributed by atoms with Crippen LogP contribution in [0.25, 0.3) is 0 Å². The molecule has 492 valence electrons. The van der Waals surface area contributed by atoms with Crippen LogP contribution >= 0.6 is 0 Å². The van der Waals surface area contributed by atoms with Crippen LogP contribution in [0.1, 0.15) is 341 Å². The first-order valence-corrected chi connectivity index (χ1v) is 35.9. The average Bonchev–Trinajstić information content (AvgIpc) is 3.70. The van der Waals surface area contributed by atoms with Crippen molar-refractivity contribution in [3.8, 4) is 0 Å². The van der Waals surface area contributed by atoms with Gasteiger partial charge in [-0.15, -0.1) is 0 Å². The van der Waals surface area contributed by atoms with E-state index in [0.29, 0.717) is 19.4 Å². The van der Waals surface area contributed by atoms with Crippen LogP contribution in [0.2, 0.25) is 0 Å². The van der Waals surface area contributed by atoms with Crippen molar-refractivity contribution in [2.75, 3.05) is 19.8 Å². The summed E-state index contributed by atoms with van der Waals surface area (Å²) in [6.07, 6.45) is 71.5. The van der Waals surface area contributed by atoms with Crippen molar-refractivity contribution in [2.24, 2.45) is 0 Å². The number of unbranched alkanes of at least 4 members (excludes halogenated alkanes) is 44. The van der Waals surface area contributed by atoms with Gasteiger partial charge in [0.15, 0.2) is 6.29 Å². The second kappa shape index (κ2) is 62.2. The normalized spacial score (nSPS) is 18.3. The minimum absolute atomic E-state index is 0.0132. The van der Waals surface area contributed by atoms with Crippen molar-refractivity contribution in [3.63, 3.8) is 0 Å². The molecule has 0 aromatic carbocycles. The molecule has 1 aliphatic heterocycles. The van der Waals surface area contributed by atoms with Gasteiger partial charge in [-0.1, -0.05) is 300 Å². The highest BCUT2D eigenvalue weighted by Gasteiger charge is 2.44. The number of hydrogen-bond acceptors (Lipinski definition) is 10. The summed E-state index contributed by atoms with van der Waals surface area (Å²) in [7, 11) is 0. The number of aliphatic hydroxyl groups is 5. The maximum Gasteiger partial charge on any atom is 0.305 e. The average molecular weight is 1190 g/mol. The van der Waals surface area contributed by atoms with E-state index in [2.05, 4.69) is 42.6 Å². The third-order valence-corrected chi connectivity index (χ3v) is 17.0. The molecule has 0 saturated carbocycles. The summed E-state index contributed by atoms with van der Waals surface area (Å²) < 4.78 is 16.7. The van der Waals surface area contributed by atoms with E-state index < -0.39 is 49.5 Å². The predicted octanol–water partition coefficient (Wildman–Crippen LogP) is 18.4. The molecule has 7 unspecified atom stereocenters. The third-order valence-electron chi connectivity index (χ3n) is 17.0. The number of rotatable bonds is 63. The molecule has 1 fully saturated rings. The van der Waals surface area contributed by atoms with Crippen LogP contribution in [0.3, 0.4) is 0 Å². The molecule has 0 aliphatic carbocycles. The summed E-state index contributed by atoms with van der Waals surface area (Å²) in [5.41, 5.74) is 0. The third kappa shape index (κ3) is 50.6. The number of carbonyl (C=O) groups is 2. The molecule has 0 spiro atoms. The van der Waals surface area contributed by atoms with Crippen LogP contribution in [-0.2, 0) is 23.8 Å². The Morgan fingerprint density at radius 1 is 0.452 bits per heavy atom. The van der Waals surface area contributed by atoms with E-state index in [1.54, 1.807) is 6.08 Å². The molecular formula is C73H135NO10. The summed E-state index contributed by atoms with van der Waals surface area (Å²) in [6, 6.07) is -0.832. The van der Waals surface area contributed by atoms with E-state index in [9.17, 15) is 35.1 Å². The summed E-state index contributed by atoms with van der Waals surface area (Å²) in [4.78, 5) is 25.1. The van der Waals surface area contributed by atoms with Crippen LogP contribution in [0, 0.1) is 0 Å². The number of amides is 1. The second-order valence-electron chi connectivity index (χ2n) is 24.9. The van der Waals surface area contributed by atoms with Gasteiger partial charge >= 0.3 is 5.97 Å². The maximum atomic E-state index is 13.0. The highest BCUT2D eigenvalue weighted by molar-refractivity contribution is 5.76. The number of allylic oxidation sites excluding steroid dienone is 7. The van der Waals surface area contributed by atoms with Gasteiger partial charge in [-0.05, 0) is 77.6 Å². The van der Waals surface area contributed by atoms with Crippen LogP contribution < -0.4 is 5.32 Å². The molecule has 7 atom stereocenters. The van der Waals surface area contributed by atoms with Gasteiger partial charge < -0.3 is 45.1 Å². The van der Waals surface area contributed by atoms with Crippen LogP contribution in [0.15, 0.2) is 48.6 Å². The lowest BCUT2D eigenvalue weighted by molar-refractivity contribution is -0.302. The number of ether oxygens (including phenoxy) is 3. The lowest BCUT2D eigenvalue weighted by Gasteiger charge is -2.40. The molecule has 1 saturated heterocycles. The minimum atomic E-state index is -1.58. The topological polar surface area (TPSA) is 175 Å². The zero-order valence-electron chi connectivity index (χ0n) is 54.6.